The van der Waals surface area contributed by atoms with E-state index in [1.807, 2.05) is 16.9 Å². The number of nitrogens with one attached hydrogen (secondary N) is 1. The van der Waals surface area contributed by atoms with Crippen LogP contribution in [-0.4, -0.2) is 20.8 Å². The van der Waals surface area contributed by atoms with E-state index in [1.54, 1.807) is 24.6 Å². The van der Waals surface area contributed by atoms with Gasteiger partial charge in [-0.05, 0) is 31.2 Å². The second-order valence-electron chi connectivity index (χ2n) is 5.16. The van der Waals surface area contributed by atoms with E-state index in [9.17, 15) is 4.39 Å². The zero-order valence-corrected chi connectivity index (χ0v) is 12.2. The summed E-state index contributed by atoms with van der Waals surface area (Å²) in [6, 6.07) is 8.35. The third kappa shape index (κ3) is 3.59. The Bertz CT molecular complexity index is 723. The average Bonchev–Trinajstić information content (AvgIpc) is 3.16. The molecular formula is C16H17FN4O. The Morgan fingerprint density at radius 1 is 1.36 bits per heavy atom. The summed E-state index contributed by atoms with van der Waals surface area (Å²) in [5.41, 5.74) is 1.42. The highest BCUT2D eigenvalue weighted by atomic mass is 19.1. The lowest BCUT2D eigenvalue weighted by atomic mass is 10.2. The van der Waals surface area contributed by atoms with E-state index in [1.165, 1.54) is 12.1 Å². The van der Waals surface area contributed by atoms with Crippen molar-refractivity contribution in [2.45, 2.75) is 26.1 Å². The van der Waals surface area contributed by atoms with Crippen LogP contribution in [0, 0.1) is 5.82 Å². The Balaban J connectivity index is 1.58. The number of oxazole rings is 1. The summed E-state index contributed by atoms with van der Waals surface area (Å²) in [4.78, 5) is 4.37. The van der Waals surface area contributed by atoms with Gasteiger partial charge in [-0.25, -0.2) is 9.37 Å². The van der Waals surface area contributed by atoms with Gasteiger partial charge in [0.25, 0.3) is 0 Å². The molecule has 1 atom stereocenters. The van der Waals surface area contributed by atoms with E-state index < -0.39 is 0 Å². The number of benzene rings is 1. The largest absolute Gasteiger partial charge is 0.444 e. The van der Waals surface area contributed by atoms with Crippen molar-refractivity contribution in [2.24, 2.45) is 0 Å². The van der Waals surface area contributed by atoms with Gasteiger partial charge in [0.05, 0.1) is 12.2 Å². The van der Waals surface area contributed by atoms with E-state index in [0.717, 1.165) is 12.2 Å². The summed E-state index contributed by atoms with van der Waals surface area (Å²) in [5.74, 6) is 0.124. The van der Waals surface area contributed by atoms with Gasteiger partial charge in [0, 0.05) is 30.5 Å². The minimum absolute atomic E-state index is 0.245. The van der Waals surface area contributed by atoms with E-state index in [2.05, 4.69) is 22.3 Å². The summed E-state index contributed by atoms with van der Waals surface area (Å²) < 4.78 is 20.5. The lowest BCUT2D eigenvalue weighted by Gasteiger charge is -2.12. The fourth-order valence-electron chi connectivity index (χ4n) is 2.17. The lowest BCUT2D eigenvalue weighted by Crippen LogP contribution is -2.30. The minimum atomic E-state index is -0.303. The molecule has 1 aromatic carbocycles. The molecule has 22 heavy (non-hydrogen) atoms. The first kappa shape index (κ1) is 14.5. The molecule has 0 saturated heterocycles. The van der Waals surface area contributed by atoms with Crippen molar-refractivity contribution >= 4 is 0 Å². The molecule has 2 heterocycles. The van der Waals surface area contributed by atoms with Gasteiger partial charge in [0.2, 0.25) is 5.89 Å². The van der Waals surface area contributed by atoms with Gasteiger partial charge in [-0.1, -0.05) is 6.07 Å². The SMILES string of the molecule is C[C@H](Cn1cccn1)NCc1coc(-c2cccc(F)c2)n1. The third-order valence-electron chi connectivity index (χ3n) is 3.28. The van der Waals surface area contributed by atoms with Crippen molar-refractivity contribution in [3.63, 3.8) is 0 Å². The Morgan fingerprint density at radius 2 is 2.27 bits per heavy atom. The van der Waals surface area contributed by atoms with Crippen LogP contribution in [0.15, 0.2) is 53.4 Å². The first-order valence-corrected chi connectivity index (χ1v) is 7.12. The Morgan fingerprint density at radius 3 is 3.05 bits per heavy atom. The van der Waals surface area contributed by atoms with Gasteiger partial charge >= 0.3 is 0 Å². The fraction of sp³-hybridized carbons (Fsp3) is 0.250. The number of nitrogens with zero attached hydrogens (tertiary/aromatic N) is 3. The van der Waals surface area contributed by atoms with Crippen LogP contribution in [0.4, 0.5) is 4.39 Å². The summed E-state index contributed by atoms with van der Waals surface area (Å²) in [7, 11) is 0. The number of halogens is 1. The molecule has 3 aromatic rings. The summed E-state index contributed by atoms with van der Waals surface area (Å²) >= 11 is 0. The van der Waals surface area contributed by atoms with Crippen LogP contribution in [0.25, 0.3) is 11.5 Å². The molecular weight excluding hydrogens is 283 g/mol. The van der Waals surface area contributed by atoms with Gasteiger partial charge in [0.15, 0.2) is 0 Å². The van der Waals surface area contributed by atoms with Crippen LogP contribution in [0.3, 0.4) is 0 Å². The predicted molar refractivity (Wildman–Crippen MR) is 80.4 cm³/mol. The number of rotatable bonds is 6. The van der Waals surface area contributed by atoms with E-state index in [0.29, 0.717) is 18.0 Å². The second-order valence-corrected chi connectivity index (χ2v) is 5.16. The van der Waals surface area contributed by atoms with Crippen molar-refractivity contribution in [1.82, 2.24) is 20.1 Å². The fourth-order valence-corrected chi connectivity index (χ4v) is 2.17. The van der Waals surface area contributed by atoms with Gasteiger partial charge in [-0.2, -0.15) is 5.10 Å². The molecule has 2 aromatic heterocycles. The van der Waals surface area contributed by atoms with Crippen molar-refractivity contribution < 1.29 is 8.81 Å². The van der Waals surface area contributed by atoms with E-state index in [-0.39, 0.29) is 11.9 Å². The van der Waals surface area contributed by atoms with Gasteiger partial charge in [-0.15, -0.1) is 0 Å². The normalized spacial score (nSPS) is 12.5. The molecule has 5 nitrogen and oxygen atoms in total. The van der Waals surface area contributed by atoms with Gasteiger partial charge in [-0.3, -0.25) is 4.68 Å². The molecule has 0 unspecified atom stereocenters. The van der Waals surface area contributed by atoms with Crippen molar-refractivity contribution in [2.75, 3.05) is 0 Å². The maximum Gasteiger partial charge on any atom is 0.226 e. The number of hydrogen-bond donors (Lipinski definition) is 1. The zero-order valence-electron chi connectivity index (χ0n) is 12.2. The molecule has 0 spiro atoms. The molecule has 0 fully saturated rings. The molecule has 6 heteroatoms. The van der Waals surface area contributed by atoms with Crippen LogP contribution >= 0.6 is 0 Å². The smallest absolute Gasteiger partial charge is 0.226 e. The Hall–Kier alpha value is -2.47. The van der Waals surface area contributed by atoms with Crippen LogP contribution in [0.5, 0.6) is 0 Å². The zero-order chi connectivity index (χ0) is 15.4. The summed E-state index contributed by atoms with van der Waals surface area (Å²) in [5, 5.41) is 7.53. The minimum Gasteiger partial charge on any atom is -0.444 e. The van der Waals surface area contributed by atoms with Crippen molar-refractivity contribution in [1.29, 1.82) is 0 Å². The summed E-state index contributed by atoms with van der Waals surface area (Å²) in [6.45, 7) is 3.44. The Labute approximate surface area is 127 Å². The standard InChI is InChI=1S/C16H17FN4O/c1-12(10-21-7-3-6-19-21)18-9-15-11-22-16(20-15)13-4-2-5-14(17)8-13/h2-8,11-12,18H,9-10H2,1H3/t12-/m1/s1. The van der Waals surface area contributed by atoms with Crippen molar-refractivity contribution in [3.05, 3.63) is 60.5 Å². The Kier molecular flexibility index (Phi) is 4.29. The first-order valence-electron chi connectivity index (χ1n) is 7.12. The van der Waals surface area contributed by atoms with Crippen molar-refractivity contribution in [3.8, 4) is 11.5 Å². The molecule has 0 saturated carbocycles. The summed E-state index contributed by atoms with van der Waals surface area (Å²) in [6.07, 6.45) is 5.28. The molecule has 0 aliphatic carbocycles. The third-order valence-corrected chi connectivity index (χ3v) is 3.28. The average molecular weight is 300 g/mol. The molecule has 1 N–H and O–H groups in total. The molecule has 3 rings (SSSR count). The maximum atomic E-state index is 13.2. The maximum absolute atomic E-state index is 13.2. The highest BCUT2D eigenvalue weighted by Gasteiger charge is 2.09. The molecule has 0 amide bonds. The number of aromatic nitrogens is 3. The van der Waals surface area contributed by atoms with Crippen LogP contribution < -0.4 is 5.32 Å². The molecule has 0 bridgehead atoms. The molecule has 0 aliphatic heterocycles. The second kappa shape index (κ2) is 6.53. The van der Waals surface area contributed by atoms with Gasteiger partial charge in [0.1, 0.15) is 12.1 Å². The highest BCUT2D eigenvalue weighted by molar-refractivity contribution is 5.52. The molecule has 0 aliphatic rings. The first-order chi connectivity index (χ1) is 10.7. The van der Waals surface area contributed by atoms with Crippen LogP contribution in [0.1, 0.15) is 12.6 Å². The quantitative estimate of drug-likeness (QED) is 0.760. The van der Waals surface area contributed by atoms with Crippen LogP contribution in [-0.2, 0) is 13.1 Å². The highest BCUT2D eigenvalue weighted by Crippen LogP contribution is 2.19. The van der Waals surface area contributed by atoms with E-state index >= 15 is 0 Å². The molecule has 0 radical (unpaired) electrons. The topological polar surface area (TPSA) is 55.9 Å². The predicted octanol–water partition coefficient (Wildman–Crippen LogP) is 2.86. The number of hydrogen-bond acceptors (Lipinski definition) is 4. The van der Waals surface area contributed by atoms with E-state index in [4.69, 9.17) is 4.42 Å². The van der Waals surface area contributed by atoms with Crippen LogP contribution in [0.2, 0.25) is 0 Å². The van der Waals surface area contributed by atoms with Gasteiger partial charge < -0.3 is 9.73 Å². The molecule has 114 valence electrons. The lowest BCUT2D eigenvalue weighted by molar-refractivity contribution is 0.448. The monoisotopic (exact) mass is 300 g/mol.